The van der Waals surface area contributed by atoms with Crippen molar-refractivity contribution in [3.05, 3.63) is 35.4 Å². The van der Waals surface area contributed by atoms with Crippen LogP contribution in [0.3, 0.4) is 0 Å². The highest BCUT2D eigenvalue weighted by Gasteiger charge is 2.17. The Morgan fingerprint density at radius 3 is 2.96 bits per heavy atom. The van der Waals surface area contributed by atoms with Crippen LogP contribution in [0.25, 0.3) is 0 Å². The second-order valence-corrected chi connectivity index (χ2v) is 6.13. The Bertz CT molecular complexity index is 774. The highest BCUT2D eigenvalue weighted by Crippen LogP contribution is 2.30. The highest BCUT2D eigenvalue weighted by molar-refractivity contribution is 5.73. The molecule has 0 spiro atoms. The molecule has 25 heavy (non-hydrogen) atoms. The molecule has 2 amide bonds. The average Bonchev–Trinajstić information content (AvgIpc) is 3.24. The number of carbonyl (C=O) groups is 1. The zero-order valence-corrected chi connectivity index (χ0v) is 14.0. The third-order valence-corrected chi connectivity index (χ3v) is 4.40. The maximum absolute atomic E-state index is 11.9. The second kappa shape index (κ2) is 7.00. The van der Waals surface area contributed by atoms with Gasteiger partial charge in [-0.3, -0.25) is 0 Å². The lowest BCUT2D eigenvalue weighted by molar-refractivity contribution is 0.171. The first kappa shape index (κ1) is 15.7. The van der Waals surface area contributed by atoms with Gasteiger partial charge in [0, 0.05) is 19.5 Å². The van der Waals surface area contributed by atoms with Crippen LogP contribution in [0.5, 0.6) is 11.5 Å². The fourth-order valence-electron chi connectivity index (χ4n) is 3.13. The molecule has 0 radical (unpaired) electrons. The van der Waals surface area contributed by atoms with Crippen LogP contribution in [-0.2, 0) is 25.9 Å². The Morgan fingerprint density at radius 1 is 1.16 bits per heavy atom. The maximum Gasteiger partial charge on any atom is 0.315 e. The van der Waals surface area contributed by atoms with E-state index in [-0.39, 0.29) is 6.03 Å². The van der Waals surface area contributed by atoms with Crippen molar-refractivity contribution in [3.63, 3.8) is 0 Å². The Balaban J connectivity index is 1.22. The first-order valence-corrected chi connectivity index (χ1v) is 8.61. The van der Waals surface area contributed by atoms with Gasteiger partial charge in [-0.2, -0.15) is 0 Å². The second-order valence-electron chi connectivity index (χ2n) is 6.13. The molecular formula is C17H21N5O3. The van der Waals surface area contributed by atoms with E-state index < -0.39 is 0 Å². The third kappa shape index (κ3) is 3.52. The van der Waals surface area contributed by atoms with Crippen LogP contribution in [0.2, 0.25) is 0 Å². The number of carbonyl (C=O) groups excluding carboxylic acids is 1. The van der Waals surface area contributed by atoms with Gasteiger partial charge in [-0.1, -0.05) is 6.07 Å². The molecule has 0 aliphatic carbocycles. The quantitative estimate of drug-likeness (QED) is 0.846. The van der Waals surface area contributed by atoms with Crippen molar-refractivity contribution in [1.82, 2.24) is 25.4 Å². The predicted molar refractivity (Wildman–Crippen MR) is 89.7 cm³/mol. The molecule has 0 atom stereocenters. The summed E-state index contributed by atoms with van der Waals surface area (Å²) in [5.41, 5.74) is 1.10. The molecule has 0 saturated heterocycles. The van der Waals surface area contributed by atoms with E-state index in [4.69, 9.17) is 9.47 Å². The minimum absolute atomic E-state index is 0.201. The summed E-state index contributed by atoms with van der Waals surface area (Å²) in [6.45, 7) is 3.03. The molecule has 8 nitrogen and oxygen atoms in total. The van der Waals surface area contributed by atoms with E-state index in [1.807, 2.05) is 18.2 Å². The molecule has 2 N–H and O–H groups in total. The Kier molecular flexibility index (Phi) is 4.41. The lowest BCUT2D eigenvalue weighted by Gasteiger charge is -2.18. The number of fused-ring (bicyclic) bond motifs is 2. The number of ether oxygens (including phenoxy) is 2. The van der Waals surface area contributed by atoms with Crippen molar-refractivity contribution >= 4 is 6.03 Å². The number of amides is 2. The average molecular weight is 343 g/mol. The van der Waals surface area contributed by atoms with Gasteiger partial charge < -0.3 is 24.7 Å². The van der Waals surface area contributed by atoms with E-state index in [2.05, 4.69) is 25.4 Å². The number of rotatable bonds is 5. The number of urea groups is 1. The van der Waals surface area contributed by atoms with Crippen molar-refractivity contribution in [2.24, 2.45) is 0 Å². The largest absolute Gasteiger partial charge is 0.486 e. The zero-order chi connectivity index (χ0) is 17.1. The Labute approximate surface area is 145 Å². The number of hydrogen-bond donors (Lipinski definition) is 2. The van der Waals surface area contributed by atoms with Crippen molar-refractivity contribution in [2.45, 2.75) is 32.4 Å². The molecular weight excluding hydrogens is 322 g/mol. The molecule has 8 heteroatoms. The summed E-state index contributed by atoms with van der Waals surface area (Å²) in [7, 11) is 0. The summed E-state index contributed by atoms with van der Waals surface area (Å²) in [6, 6.07) is 5.67. The molecule has 0 fully saturated rings. The molecule has 1 aromatic carbocycles. The number of aryl methyl sites for hydroxylation is 1. The van der Waals surface area contributed by atoms with Gasteiger partial charge >= 0.3 is 6.03 Å². The molecule has 2 aromatic rings. The Hall–Kier alpha value is -2.77. The van der Waals surface area contributed by atoms with Crippen LogP contribution < -0.4 is 20.1 Å². The van der Waals surface area contributed by atoms with E-state index >= 15 is 0 Å². The van der Waals surface area contributed by atoms with Crippen LogP contribution in [0.1, 0.15) is 23.6 Å². The monoisotopic (exact) mass is 343 g/mol. The van der Waals surface area contributed by atoms with E-state index in [0.29, 0.717) is 26.3 Å². The van der Waals surface area contributed by atoms with Gasteiger partial charge in [0.15, 0.2) is 17.3 Å². The number of hydrogen-bond acceptors (Lipinski definition) is 5. The van der Waals surface area contributed by atoms with E-state index in [0.717, 1.165) is 54.5 Å². The number of aromatic nitrogens is 3. The summed E-state index contributed by atoms with van der Waals surface area (Å²) in [5.74, 6) is 3.38. The van der Waals surface area contributed by atoms with Crippen LogP contribution in [-0.4, -0.2) is 40.6 Å². The lowest BCUT2D eigenvalue weighted by atomic mass is 10.1. The lowest BCUT2D eigenvalue weighted by Crippen LogP contribution is -2.36. The summed E-state index contributed by atoms with van der Waals surface area (Å²) >= 11 is 0. The van der Waals surface area contributed by atoms with Crippen molar-refractivity contribution in [3.8, 4) is 11.5 Å². The summed E-state index contributed by atoms with van der Waals surface area (Å²) < 4.78 is 13.1. The molecule has 0 saturated carbocycles. The first-order valence-electron chi connectivity index (χ1n) is 8.61. The number of nitrogens with zero attached hydrogens (tertiary/aromatic N) is 3. The van der Waals surface area contributed by atoms with Gasteiger partial charge in [0.1, 0.15) is 19.0 Å². The van der Waals surface area contributed by atoms with E-state index in [1.165, 1.54) is 0 Å². The van der Waals surface area contributed by atoms with Gasteiger partial charge in [-0.05, 0) is 30.5 Å². The number of benzene rings is 1. The Morgan fingerprint density at radius 2 is 2.04 bits per heavy atom. The minimum Gasteiger partial charge on any atom is -0.486 e. The fraction of sp³-hybridized carbons (Fsp3) is 0.471. The minimum atomic E-state index is -0.201. The summed E-state index contributed by atoms with van der Waals surface area (Å²) in [4.78, 5) is 11.9. The highest BCUT2D eigenvalue weighted by atomic mass is 16.6. The standard InChI is InChI=1S/C17H21N5O3/c23-17(19-11-16-21-20-15-2-1-7-22(15)16)18-6-5-12-3-4-13-14(10-12)25-9-8-24-13/h3-4,10H,1-2,5-9,11H2,(H2,18,19,23). The van der Waals surface area contributed by atoms with Crippen molar-refractivity contribution in [1.29, 1.82) is 0 Å². The SMILES string of the molecule is O=C(NCCc1ccc2c(c1)OCCO2)NCc1nnc2n1CCC2. The van der Waals surface area contributed by atoms with Gasteiger partial charge in [0.2, 0.25) is 0 Å². The molecule has 4 rings (SSSR count). The molecule has 0 unspecified atom stereocenters. The third-order valence-electron chi connectivity index (χ3n) is 4.40. The molecule has 2 aliphatic rings. The molecule has 3 heterocycles. The van der Waals surface area contributed by atoms with Gasteiger partial charge in [-0.15, -0.1) is 10.2 Å². The molecule has 132 valence electrons. The van der Waals surface area contributed by atoms with Crippen LogP contribution in [0.4, 0.5) is 4.79 Å². The first-order chi connectivity index (χ1) is 12.3. The normalized spacial score (nSPS) is 14.9. The van der Waals surface area contributed by atoms with Crippen molar-refractivity contribution < 1.29 is 14.3 Å². The van der Waals surface area contributed by atoms with Crippen LogP contribution >= 0.6 is 0 Å². The molecule has 0 bridgehead atoms. The van der Waals surface area contributed by atoms with Crippen LogP contribution in [0.15, 0.2) is 18.2 Å². The predicted octanol–water partition coefficient (Wildman–Crippen LogP) is 1.04. The van der Waals surface area contributed by atoms with Crippen molar-refractivity contribution in [2.75, 3.05) is 19.8 Å². The maximum atomic E-state index is 11.9. The smallest absolute Gasteiger partial charge is 0.315 e. The summed E-state index contributed by atoms with van der Waals surface area (Å²) in [5, 5.41) is 13.9. The van der Waals surface area contributed by atoms with Gasteiger partial charge in [0.25, 0.3) is 0 Å². The van der Waals surface area contributed by atoms with Crippen LogP contribution in [0, 0.1) is 0 Å². The molecule has 1 aromatic heterocycles. The number of nitrogens with one attached hydrogen (secondary N) is 2. The van der Waals surface area contributed by atoms with E-state index in [1.54, 1.807) is 0 Å². The zero-order valence-electron chi connectivity index (χ0n) is 14.0. The van der Waals surface area contributed by atoms with Gasteiger partial charge in [0.05, 0.1) is 6.54 Å². The van der Waals surface area contributed by atoms with E-state index in [9.17, 15) is 4.79 Å². The summed E-state index contributed by atoms with van der Waals surface area (Å²) in [6.07, 6.45) is 2.79. The fourth-order valence-corrected chi connectivity index (χ4v) is 3.13. The van der Waals surface area contributed by atoms with Gasteiger partial charge in [-0.25, -0.2) is 4.79 Å². The molecule has 2 aliphatic heterocycles. The topological polar surface area (TPSA) is 90.3 Å².